The molecule has 0 radical (unpaired) electrons. The Kier molecular flexibility index (Phi) is 3.56. The van der Waals surface area contributed by atoms with E-state index in [0.717, 1.165) is 18.2 Å². The highest BCUT2D eigenvalue weighted by molar-refractivity contribution is 7.92. The minimum Gasteiger partial charge on any atom is -0.315 e. The van der Waals surface area contributed by atoms with E-state index in [1.165, 1.54) is 23.1 Å². The summed E-state index contributed by atoms with van der Waals surface area (Å²) in [5.74, 6) is -2.17. The summed E-state index contributed by atoms with van der Waals surface area (Å²) in [6, 6.07) is 7.16. The molecule has 1 aliphatic heterocycles. The average Bonchev–Trinajstić information content (AvgIpc) is 2.78. The standard InChI is InChI=1S/C15H12F2N2O3S/c1-19-13-6-5-10(7-9(13)8-14(19)20)23(21,22)18-15-11(16)3-2-4-12(15)17/h2-7,18H,8H2,1H3. The van der Waals surface area contributed by atoms with E-state index in [1.807, 2.05) is 4.72 Å². The lowest BCUT2D eigenvalue weighted by Crippen LogP contribution is -2.20. The Morgan fingerprint density at radius 3 is 2.43 bits per heavy atom. The number of para-hydroxylation sites is 1. The second-order valence-corrected chi connectivity index (χ2v) is 6.80. The number of nitrogens with zero attached hydrogens (tertiary/aromatic N) is 1. The van der Waals surface area contributed by atoms with Crippen LogP contribution in [0.5, 0.6) is 0 Å². The molecule has 0 aromatic heterocycles. The molecule has 1 N–H and O–H groups in total. The van der Waals surface area contributed by atoms with E-state index in [1.54, 1.807) is 7.05 Å². The van der Waals surface area contributed by atoms with E-state index in [2.05, 4.69) is 0 Å². The lowest BCUT2D eigenvalue weighted by atomic mass is 10.2. The Morgan fingerprint density at radius 2 is 1.78 bits per heavy atom. The number of carbonyl (C=O) groups is 1. The summed E-state index contributed by atoms with van der Waals surface area (Å²) in [4.78, 5) is 12.9. The molecule has 2 aromatic rings. The van der Waals surface area contributed by atoms with Gasteiger partial charge in [0.05, 0.1) is 11.3 Å². The van der Waals surface area contributed by atoms with Crippen LogP contribution in [-0.4, -0.2) is 21.4 Å². The predicted molar refractivity (Wildman–Crippen MR) is 80.7 cm³/mol. The van der Waals surface area contributed by atoms with Gasteiger partial charge in [0.15, 0.2) is 0 Å². The summed E-state index contributed by atoms with van der Waals surface area (Å²) in [7, 11) is -2.58. The lowest BCUT2D eigenvalue weighted by Gasteiger charge is -2.12. The first-order valence-corrected chi connectivity index (χ1v) is 8.14. The molecular weight excluding hydrogens is 326 g/mol. The van der Waals surface area contributed by atoms with Gasteiger partial charge in [0.2, 0.25) is 5.91 Å². The number of nitrogens with one attached hydrogen (secondary N) is 1. The molecule has 0 atom stereocenters. The molecule has 0 aliphatic carbocycles. The summed E-state index contributed by atoms with van der Waals surface area (Å²) < 4.78 is 53.8. The van der Waals surface area contributed by atoms with Crippen molar-refractivity contribution in [2.75, 3.05) is 16.7 Å². The largest absolute Gasteiger partial charge is 0.315 e. The Bertz CT molecular complexity index is 893. The SMILES string of the molecule is CN1C(=O)Cc2cc(S(=O)(=O)Nc3c(F)cccc3F)ccc21. The first kappa shape index (κ1) is 15.4. The van der Waals surface area contributed by atoms with E-state index in [9.17, 15) is 22.0 Å². The van der Waals surface area contributed by atoms with E-state index >= 15 is 0 Å². The highest BCUT2D eigenvalue weighted by atomic mass is 32.2. The molecule has 0 saturated carbocycles. The monoisotopic (exact) mass is 338 g/mol. The Balaban J connectivity index is 1.99. The van der Waals surface area contributed by atoms with Crippen molar-refractivity contribution in [3.63, 3.8) is 0 Å². The second-order valence-electron chi connectivity index (χ2n) is 5.12. The van der Waals surface area contributed by atoms with Crippen LogP contribution in [0.2, 0.25) is 0 Å². The number of hydrogen-bond donors (Lipinski definition) is 1. The summed E-state index contributed by atoms with van der Waals surface area (Å²) in [5.41, 5.74) is 0.432. The van der Waals surface area contributed by atoms with Crippen molar-refractivity contribution < 1.29 is 22.0 Å². The predicted octanol–water partition coefficient (Wildman–Crippen LogP) is 2.28. The number of benzene rings is 2. The number of anilines is 2. The number of amides is 1. The zero-order valence-electron chi connectivity index (χ0n) is 12.0. The third kappa shape index (κ3) is 2.65. The fourth-order valence-corrected chi connectivity index (χ4v) is 3.53. The average molecular weight is 338 g/mol. The number of carbonyl (C=O) groups excluding carboxylic acids is 1. The Morgan fingerprint density at radius 1 is 1.13 bits per heavy atom. The van der Waals surface area contributed by atoms with Gasteiger partial charge < -0.3 is 4.90 Å². The van der Waals surface area contributed by atoms with Crippen LogP contribution in [0.4, 0.5) is 20.2 Å². The highest BCUT2D eigenvalue weighted by Gasteiger charge is 2.27. The zero-order chi connectivity index (χ0) is 16.8. The van der Waals surface area contributed by atoms with Gasteiger partial charge in [0.1, 0.15) is 17.3 Å². The van der Waals surface area contributed by atoms with Gasteiger partial charge in [0.25, 0.3) is 10.0 Å². The number of rotatable bonds is 3. The van der Waals surface area contributed by atoms with Gasteiger partial charge in [-0.15, -0.1) is 0 Å². The van der Waals surface area contributed by atoms with Crippen molar-refractivity contribution in [2.45, 2.75) is 11.3 Å². The third-order valence-corrected chi connectivity index (χ3v) is 4.98. The quantitative estimate of drug-likeness (QED) is 0.934. The van der Waals surface area contributed by atoms with Crippen LogP contribution in [0, 0.1) is 11.6 Å². The summed E-state index contributed by atoms with van der Waals surface area (Å²) in [6.07, 6.45) is 0.0866. The Labute approximate surface area is 131 Å². The maximum atomic E-state index is 13.6. The zero-order valence-corrected chi connectivity index (χ0v) is 12.8. The van der Waals surface area contributed by atoms with Crippen LogP contribution in [0.25, 0.3) is 0 Å². The number of halogens is 2. The lowest BCUT2D eigenvalue weighted by molar-refractivity contribution is -0.117. The smallest absolute Gasteiger partial charge is 0.262 e. The van der Waals surface area contributed by atoms with Crippen molar-refractivity contribution >= 4 is 27.3 Å². The molecular formula is C15H12F2N2O3S. The fraction of sp³-hybridized carbons (Fsp3) is 0.133. The van der Waals surface area contributed by atoms with Gasteiger partial charge in [-0.2, -0.15) is 0 Å². The molecule has 0 saturated heterocycles. The van der Waals surface area contributed by atoms with Crippen LogP contribution >= 0.6 is 0 Å². The van der Waals surface area contributed by atoms with Gasteiger partial charge in [-0.3, -0.25) is 9.52 Å². The number of likely N-dealkylation sites (N-methyl/N-ethyl adjacent to an activating group) is 1. The molecule has 120 valence electrons. The third-order valence-electron chi connectivity index (χ3n) is 3.64. The molecule has 0 spiro atoms. The molecule has 2 aromatic carbocycles. The topological polar surface area (TPSA) is 66.5 Å². The normalized spacial score (nSPS) is 14.0. The van der Waals surface area contributed by atoms with Crippen LogP contribution < -0.4 is 9.62 Å². The highest BCUT2D eigenvalue weighted by Crippen LogP contribution is 2.30. The Hall–Kier alpha value is -2.48. The number of sulfonamides is 1. The van der Waals surface area contributed by atoms with Gasteiger partial charge >= 0.3 is 0 Å². The van der Waals surface area contributed by atoms with Crippen molar-refractivity contribution in [1.29, 1.82) is 0 Å². The van der Waals surface area contributed by atoms with Crippen LogP contribution in [-0.2, 0) is 21.2 Å². The molecule has 1 amide bonds. The maximum absolute atomic E-state index is 13.6. The van der Waals surface area contributed by atoms with Crippen LogP contribution in [0.1, 0.15) is 5.56 Å². The minimum absolute atomic E-state index is 0.0866. The van der Waals surface area contributed by atoms with Crippen LogP contribution in [0.15, 0.2) is 41.3 Å². The first-order valence-electron chi connectivity index (χ1n) is 6.66. The van der Waals surface area contributed by atoms with Crippen molar-refractivity contribution in [2.24, 2.45) is 0 Å². The molecule has 23 heavy (non-hydrogen) atoms. The maximum Gasteiger partial charge on any atom is 0.262 e. The number of hydrogen-bond acceptors (Lipinski definition) is 3. The molecule has 0 unspecified atom stereocenters. The summed E-state index contributed by atoms with van der Waals surface area (Å²) in [5, 5.41) is 0. The molecule has 1 aliphatic rings. The van der Waals surface area contributed by atoms with Gasteiger partial charge in [-0.1, -0.05) is 6.07 Å². The van der Waals surface area contributed by atoms with Gasteiger partial charge in [0, 0.05) is 12.7 Å². The van der Waals surface area contributed by atoms with E-state index in [4.69, 9.17) is 0 Å². The van der Waals surface area contributed by atoms with Crippen molar-refractivity contribution in [3.05, 3.63) is 53.6 Å². The first-order chi connectivity index (χ1) is 10.8. The van der Waals surface area contributed by atoms with Gasteiger partial charge in [-0.05, 0) is 35.9 Å². The van der Waals surface area contributed by atoms with Gasteiger partial charge in [-0.25, -0.2) is 17.2 Å². The van der Waals surface area contributed by atoms with Crippen molar-refractivity contribution in [1.82, 2.24) is 0 Å². The number of fused-ring (bicyclic) bond motifs is 1. The summed E-state index contributed by atoms with van der Waals surface area (Å²) in [6.45, 7) is 0. The molecule has 3 rings (SSSR count). The minimum atomic E-state index is -4.17. The molecule has 8 heteroatoms. The van der Waals surface area contributed by atoms with E-state index in [0.29, 0.717) is 11.3 Å². The fourth-order valence-electron chi connectivity index (χ4n) is 2.40. The summed E-state index contributed by atoms with van der Waals surface area (Å²) >= 11 is 0. The molecule has 5 nitrogen and oxygen atoms in total. The molecule has 1 heterocycles. The van der Waals surface area contributed by atoms with Crippen LogP contribution in [0.3, 0.4) is 0 Å². The van der Waals surface area contributed by atoms with Crippen molar-refractivity contribution in [3.8, 4) is 0 Å². The van der Waals surface area contributed by atoms with E-state index < -0.39 is 27.3 Å². The molecule has 0 bridgehead atoms. The second kappa shape index (κ2) is 5.31. The molecule has 0 fully saturated rings. The van der Waals surface area contributed by atoms with E-state index in [-0.39, 0.29) is 17.2 Å².